The summed E-state index contributed by atoms with van der Waals surface area (Å²) in [6.07, 6.45) is 1.24. The number of hydrogen-bond donors (Lipinski definition) is 2. The second-order valence-corrected chi connectivity index (χ2v) is 2.17. The van der Waals surface area contributed by atoms with Crippen LogP contribution in [0.2, 0.25) is 1.41 Å². The van der Waals surface area contributed by atoms with Gasteiger partial charge in [0.15, 0.2) is 1.41 Å². The maximum absolute atomic E-state index is 8.34. The number of oxime groups is 1. The van der Waals surface area contributed by atoms with Crippen molar-refractivity contribution < 1.29 is 11.4 Å². The standard InChI is InChI=1S/C8H10N2O2/c1-12-7-4-2-3-6(5-10-11)8(7)9/h2-5,11H,9H2,1H3/i/hD. The van der Waals surface area contributed by atoms with E-state index in [1.807, 2.05) is 0 Å². The highest BCUT2D eigenvalue weighted by atomic mass is 16.5. The SMILES string of the molecule is [2H]Nc1c(C=NO)cccc1OC. The number of nitrogens with two attached hydrogens (primary N) is 1. The van der Waals surface area contributed by atoms with Crippen LogP contribution in [0.3, 0.4) is 0 Å². The van der Waals surface area contributed by atoms with Gasteiger partial charge in [-0.1, -0.05) is 17.3 Å². The quantitative estimate of drug-likeness (QED) is 0.306. The van der Waals surface area contributed by atoms with Crippen molar-refractivity contribution in [1.29, 1.82) is 0 Å². The van der Waals surface area contributed by atoms with Crippen molar-refractivity contribution in [2.75, 3.05) is 12.8 Å². The number of para-hydroxylation sites is 1. The number of nitrogens with zero attached hydrogens (tertiary/aromatic N) is 1. The van der Waals surface area contributed by atoms with Crippen LogP contribution in [0.15, 0.2) is 23.4 Å². The summed E-state index contributed by atoms with van der Waals surface area (Å²) in [7, 11) is 1.51. The van der Waals surface area contributed by atoms with Crippen molar-refractivity contribution in [2.45, 2.75) is 0 Å². The molecule has 0 saturated heterocycles. The highest BCUT2D eigenvalue weighted by molar-refractivity contribution is 5.88. The monoisotopic (exact) mass is 167 g/mol. The zero-order chi connectivity index (χ0) is 9.68. The van der Waals surface area contributed by atoms with E-state index in [2.05, 4.69) is 10.9 Å². The first kappa shape index (κ1) is 6.97. The number of benzene rings is 1. The molecule has 0 spiro atoms. The Kier molecular flexibility index (Phi) is 2.10. The summed E-state index contributed by atoms with van der Waals surface area (Å²) in [5.74, 6) is 0.535. The van der Waals surface area contributed by atoms with Crippen LogP contribution in [0.4, 0.5) is 5.69 Å². The lowest BCUT2D eigenvalue weighted by Crippen LogP contribution is -1.96. The molecule has 0 aliphatic carbocycles. The molecule has 0 aromatic heterocycles. The van der Waals surface area contributed by atoms with Gasteiger partial charge in [0.1, 0.15) is 5.75 Å². The highest BCUT2D eigenvalue weighted by Crippen LogP contribution is 2.23. The third-order valence-corrected chi connectivity index (χ3v) is 1.48. The summed E-state index contributed by atoms with van der Waals surface area (Å²) in [6, 6.07) is 5.17. The molecule has 0 saturated carbocycles. The molecule has 1 aromatic rings. The Morgan fingerprint density at radius 3 is 3.17 bits per heavy atom. The van der Waals surface area contributed by atoms with Crippen molar-refractivity contribution >= 4 is 11.9 Å². The van der Waals surface area contributed by atoms with E-state index in [1.54, 1.807) is 18.2 Å². The maximum Gasteiger partial charge on any atom is 0.156 e. The first-order valence-electron chi connectivity index (χ1n) is 3.85. The van der Waals surface area contributed by atoms with Gasteiger partial charge in [-0.3, -0.25) is 0 Å². The van der Waals surface area contributed by atoms with Gasteiger partial charge in [0, 0.05) is 5.56 Å². The van der Waals surface area contributed by atoms with Gasteiger partial charge in [0.2, 0.25) is 0 Å². The Labute approximate surface area is 71.7 Å². The Morgan fingerprint density at radius 2 is 2.58 bits per heavy atom. The molecule has 0 fully saturated rings. The minimum absolute atomic E-state index is 0.475. The normalized spacial score (nSPS) is 11.2. The fraction of sp³-hybridized carbons (Fsp3) is 0.125. The van der Waals surface area contributed by atoms with Gasteiger partial charge in [-0.15, -0.1) is 0 Å². The van der Waals surface area contributed by atoms with Crippen LogP contribution in [-0.2, 0) is 0 Å². The summed E-state index contributed by atoms with van der Waals surface area (Å²) in [6.45, 7) is 0. The van der Waals surface area contributed by atoms with Crippen LogP contribution >= 0.6 is 0 Å². The van der Waals surface area contributed by atoms with Crippen LogP contribution in [0.25, 0.3) is 0 Å². The molecule has 0 heterocycles. The Bertz CT molecular complexity index is 315. The Hall–Kier alpha value is -1.71. The van der Waals surface area contributed by atoms with Crippen molar-refractivity contribution in [3.05, 3.63) is 23.8 Å². The topological polar surface area (TPSA) is 67.8 Å². The predicted molar refractivity (Wildman–Crippen MR) is 46.8 cm³/mol. The largest absolute Gasteiger partial charge is 0.495 e. The zero-order valence-electron chi connectivity index (χ0n) is 7.61. The van der Waals surface area contributed by atoms with Gasteiger partial charge < -0.3 is 15.7 Å². The molecule has 64 valence electrons. The molecule has 1 rings (SSSR count). The average Bonchev–Trinajstić information content (AvgIpc) is 2.18. The van der Waals surface area contributed by atoms with Crippen LogP contribution in [0.1, 0.15) is 5.56 Å². The van der Waals surface area contributed by atoms with Gasteiger partial charge in [-0.05, 0) is 6.07 Å². The summed E-state index contributed by atoms with van der Waals surface area (Å²) in [5.41, 5.74) is 3.29. The van der Waals surface area contributed by atoms with E-state index in [9.17, 15) is 0 Å². The molecule has 0 aliphatic heterocycles. The molecule has 0 aliphatic rings. The molecule has 0 unspecified atom stereocenters. The molecular formula is C8H10N2O2. The molecule has 1 aromatic carbocycles. The minimum atomic E-state index is 0.475. The van der Waals surface area contributed by atoms with E-state index in [0.717, 1.165) is 0 Å². The molecule has 12 heavy (non-hydrogen) atoms. The Morgan fingerprint density at radius 1 is 1.75 bits per heavy atom. The predicted octanol–water partition coefficient (Wildman–Crippen LogP) is 1.09. The fourth-order valence-electron chi connectivity index (χ4n) is 0.888. The van der Waals surface area contributed by atoms with Gasteiger partial charge in [0.05, 0.1) is 19.0 Å². The summed E-state index contributed by atoms with van der Waals surface area (Å²) >= 11 is 0. The van der Waals surface area contributed by atoms with Crippen LogP contribution < -0.4 is 10.5 Å². The third kappa shape index (κ3) is 1.47. The minimum Gasteiger partial charge on any atom is -0.495 e. The first-order chi connectivity index (χ1) is 6.33. The lowest BCUT2D eigenvalue weighted by molar-refractivity contribution is 0.322. The maximum atomic E-state index is 8.34. The van der Waals surface area contributed by atoms with Crippen LogP contribution in [0.5, 0.6) is 5.75 Å². The van der Waals surface area contributed by atoms with Gasteiger partial charge >= 0.3 is 0 Å². The van der Waals surface area contributed by atoms with E-state index < -0.39 is 0 Å². The average molecular weight is 167 g/mol. The van der Waals surface area contributed by atoms with Gasteiger partial charge in [0.25, 0.3) is 0 Å². The summed E-state index contributed by atoms with van der Waals surface area (Å²) < 4.78 is 12.0. The number of anilines is 1. The molecule has 0 amide bonds. The van der Waals surface area contributed by atoms with Crippen molar-refractivity contribution in [3.63, 3.8) is 0 Å². The molecule has 0 atom stereocenters. The van der Waals surface area contributed by atoms with E-state index in [0.29, 0.717) is 17.0 Å². The molecule has 4 heteroatoms. The summed E-state index contributed by atoms with van der Waals surface area (Å²) in [5, 5.41) is 11.2. The third-order valence-electron chi connectivity index (χ3n) is 1.48. The second-order valence-electron chi connectivity index (χ2n) is 2.17. The first-order valence-corrected chi connectivity index (χ1v) is 3.35. The molecule has 0 bridgehead atoms. The zero-order valence-corrected chi connectivity index (χ0v) is 6.61. The lowest BCUT2D eigenvalue weighted by atomic mass is 10.2. The number of methoxy groups -OCH3 is 1. The Balaban J connectivity index is 3.18. The number of nitrogen functional groups attached to an aromatic ring is 1. The van der Waals surface area contributed by atoms with Crippen LogP contribution in [-0.4, -0.2) is 18.5 Å². The van der Waals surface area contributed by atoms with E-state index in [-0.39, 0.29) is 0 Å². The molecular weight excluding hydrogens is 156 g/mol. The van der Waals surface area contributed by atoms with E-state index >= 15 is 0 Å². The number of ether oxygens (including phenoxy) is 1. The number of rotatable bonds is 3. The fourth-order valence-corrected chi connectivity index (χ4v) is 0.888. The lowest BCUT2D eigenvalue weighted by Gasteiger charge is -2.05. The van der Waals surface area contributed by atoms with Crippen molar-refractivity contribution in [2.24, 2.45) is 5.16 Å². The highest BCUT2D eigenvalue weighted by Gasteiger charge is 2.01. The number of hydrogen-bond acceptors (Lipinski definition) is 4. The molecule has 3 N–H and O–H groups in total. The molecule has 0 radical (unpaired) electrons. The smallest absolute Gasteiger partial charge is 0.156 e. The summed E-state index contributed by atoms with van der Waals surface area (Å²) in [4.78, 5) is 0. The van der Waals surface area contributed by atoms with Crippen molar-refractivity contribution in [3.8, 4) is 5.75 Å². The van der Waals surface area contributed by atoms with Gasteiger partial charge in [-0.2, -0.15) is 0 Å². The van der Waals surface area contributed by atoms with Gasteiger partial charge in [-0.25, -0.2) is 0 Å². The van der Waals surface area contributed by atoms with Crippen molar-refractivity contribution in [1.82, 2.24) is 0 Å². The van der Waals surface area contributed by atoms with Crippen LogP contribution in [0, 0.1) is 0 Å². The van der Waals surface area contributed by atoms with E-state index in [4.69, 9.17) is 11.4 Å². The second kappa shape index (κ2) is 3.61. The molecule has 4 nitrogen and oxygen atoms in total. The van der Waals surface area contributed by atoms with E-state index in [1.165, 1.54) is 13.3 Å².